The summed E-state index contributed by atoms with van der Waals surface area (Å²) in [6, 6.07) is 0. The highest BCUT2D eigenvalue weighted by Crippen LogP contribution is 2.51. The molecule has 0 N–H and O–H groups in total. The molecule has 18 heavy (non-hydrogen) atoms. The summed E-state index contributed by atoms with van der Waals surface area (Å²) < 4.78 is 0. The summed E-state index contributed by atoms with van der Waals surface area (Å²) in [6.45, 7) is 16.6. The van der Waals surface area contributed by atoms with E-state index in [9.17, 15) is 0 Å². The largest absolute Gasteiger partial charge is 0.371 e. The Labute approximate surface area is 115 Å². The molecule has 0 aromatic carbocycles. The highest BCUT2D eigenvalue weighted by atomic mass is 28.3. The van der Waals surface area contributed by atoms with Gasteiger partial charge in [-0.15, -0.1) is 0 Å². The molecule has 0 amide bonds. The third kappa shape index (κ3) is 2.32. The van der Waals surface area contributed by atoms with E-state index in [4.69, 9.17) is 0 Å². The van der Waals surface area contributed by atoms with Crippen LogP contribution in [0.2, 0.25) is 19.6 Å². The molecular weight excluding hydrogens is 234 g/mol. The van der Waals surface area contributed by atoms with Crippen LogP contribution in [0.25, 0.3) is 0 Å². The molecule has 0 spiro atoms. The minimum atomic E-state index is -1.16. The number of nitrogens with zero attached hydrogens (tertiary/aromatic N) is 1. The second kappa shape index (κ2) is 4.88. The van der Waals surface area contributed by atoms with Crippen LogP contribution >= 0.6 is 0 Å². The van der Waals surface area contributed by atoms with Gasteiger partial charge in [-0.2, -0.15) is 0 Å². The van der Waals surface area contributed by atoms with Gasteiger partial charge in [0.25, 0.3) is 0 Å². The van der Waals surface area contributed by atoms with Crippen LogP contribution in [0.1, 0.15) is 40.5 Å². The van der Waals surface area contributed by atoms with Gasteiger partial charge in [0, 0.05) is 12.5 Å². The Morgan fingerprint density at radius 3 is 2.00 bits per heavy atom. The van der Waals surface area contributed by atoms with Crippen molar-refractivity contribution in [1.29, 1.82) is 0 Å². The number of rotatable bonds is 5. The highest BCUT2D eigenvalue weighted by molar-refractivity contribution is 6.82. The number of likely N-dealkylation sites (N-methyl/N-ethyl adjacent to an activating group) is 1. The first-order valence-corrected chi connectivity index (χ1v) is 10.7. The van der Waals surface area contributed by atoms with Gasteiger partial charge in [0.15, 0.2) is 0 Å². The van der Waals surface area contributed by atoms with Crippen LogP contribution < -0.4 is 0 Å². The lowest BCUT2D eigenvalue weighted by atomic mass is 9.59. The van der Waals surface area contributed by atoms with E-state index in [0.717, 1.165) is 0 Å². The first-order valence-electron chi connectivity index (χ1n) is 7.25. The van der Waals surface area contributed by atoms with Gasteiger partial charge in [0.05, 0.1) is 13.6 Å². The smallest absolute Gasteiger partial charge is 0.0739 e. The van der Waals surface area contributed by atoms with Gasteiger partial charge in [0.1, 0.15) is 0 Å². The second-order valence-corrected chi connectivity index (χ2v) is 12.3. The zero-order valence-corrected chi connectivity index (χ0v) is 14.6. The van der Waals surface area contributed by atoms with Crippen molar-refractivity contribution in [2.75, 3.05) is 7.05 Å². The fourth-order valence-corrected chi connectivity index (χ4v) is 3.46. The predicted octanol–water partition coefficient (Wildman–Crippen LogP) is 4.83. The molecule has 0 fully saturated rings. The number of hydrogen-bond donors (Lipinski definition) is 0. The Bertz CT molecular complexity index is 364. The Morgan fingerprint density at radius 2 is 1.72 bits per heavy atom. The molecule has 0 heterocycles. The van der Waals surface area contributed by atoms with Crippen LogP contribution in [-0.2, 0) is 0 Å². The van der Waals surface area contributed by atoms with Crippen molar-refractivity contribution < 1.29 is 0 Å². The number of hydrogen-bond acceptors (Lipinski definition) is 1. The standard InChI is InChI=1S/C16H31NSi/c1-9-15(4)11-12-16(15,10-2)17(5)13-14(3)18(6,7)8/h11-13H,9-10H2,1-8H3/b14-13+. The molecule has 0 aromatic heterocycles. The monoisotopic (exact) mass is 265 g/mol. The lowest BCUT2D eigenvalue weighted by molar-refractivity contribution is 0.0630. The van der Waals surface area contributed by atoms with E-state index >= 15 is 0 Å². The predicted molar refractivity (Wildman–Crippen MR) is 85.4 cm³/mol. The molecule has 0 saturated heterocycles. The molecule has 0 aliphatic heterocycles. The van der Waals surface area contributed by atoms with E-state index < -0.39 is 8.07 Å². The molecule has 0 saturated carbocycles. The van der Waals surface area contributed by atoms with Gasteiger partial charge in [-0.05, 0) is 26.0 Å². The van der Waals surface area contributed by atoms with Crippen molar-refractivity contribution in [3.63, 3.8) is 0 Å². The number of allylic oxidation sites excluding steroid dienone is 1. The summed E-state index contributed by atoms with van der Waals surface area (Å²) in [6.07, 6.45) is 9.60. The fourth-order valence-electron chi connectivity index (χ4n) is 2.88. The maximum Gasteiger partial charge on any atom is 0.0739 e. The van der Waals surface area contributed by atoms with Gasteiger partial charge in [-0.25, -0.2) is 0 Å². The second-order valence-electron chi connectivity index (χ2n) is 7.06. The summed E-state index contributed by atoms with van der Waals surface area (Å²) >= 11 is 0. The molecule has 2 atom stereocenters. The summed E-state index contributed by atoms with van der Waals surface area (Å²) in [5.41, 5.74) is 0.551. The van der Waals surface area contributed by atoms with Crippen LogP contribution in [0.5, 0.6) is 0 Å². The van der Waals surface area contributed by atoms with E-state index in [-0.39, 0.29) is 5.54 Å². The Balaban J connectivity index is 3.03. The normalized spacial score (nSPS) is 32.3. The quantitative estimate of drug-likeness (QED) is 0.508. The molecule has 1 rings (SSSR count). The fraction of sp³-hybridized carbons (Fsp3) is 0.750. The highest BCUT2D eigenvalue weighted by Gasteiger charge is 2.50. The van der Waals surface area contributed by atoms with E-state index in [0.29, 0.717) is 5.41 Å². The lowest BCUT2D eigenvalue weighted by Crippen LogP contribution is -2.58. The Hall–Kier alpha value is -0.503. The minimum absolute atomic E-state index is 0.225. The maximum absolute atomic E-state index is 2.48. The van der Waals surface area contributed by atoms with E-state index in [2.05, 4.69) is 77.6 Å². The van der Waals surface area contributed by atoms with E-state index in [1.54, 1.807) is 5.20 Å². The average Bonchev–Trinajstić information content (AvgIpc) is 2.26. The van der Waals surface area contributed by atoms with Crippen LogP contribution in [-0.4, -0.2) is 25.6 Å². The molecule has 1 nitrogen and oxygen atoms in total. The molecule has 1 aliphatic rings. The van der Waals surface area contributed by atoms with Gasteiger partial charge >= 0.3 is 0 Å². The van der Waals surface area contributed by atoms with Crippen molar-refractivity contribution in [3.05, 3.63) is 23.5 Å². The van der Waals surface area contributed by atoms with Crippen LogP contribution in [0.15, 0.2) is 23.5 Å². The molecule has 104 valence electrons. The molecule has 2 unspecified atom stereocenters. The summed E-state index contributed by atoms with van der Waals surface area (Å²) in [7, 11) is 1.09. The summed E-state index contributed by atoms with van der Waals surface area (Å²) in [5, 5.41) is 1.58. The molecule has 2 heteroatoms. The lowest BCUT2D eigenvalue weighted by Gasteiger charge is -2.56. The first-order chi connectivity index (χ1) is 8.13. The third-order valence-electron chi connectivity index (χ3n) is 5.19. The van der Waals surface area contributed by atoms with Crippen LogP contribution in [0.3, 0.4) is 0 Å². The van der Waals surface area contributed by atoms with Gasteiger partial charge in [-0.1, -0.05) is 57.8 Å². The van der Waals surface area contributed by atoms with Crippen molar-refractivity contribution in [2.24, 2.45) is 5.41 Å². The SMILES string of the molecule is CCC1(C)C=CC1(CC)N(C)/C=C(\C)[Si](C)(C)C. The maximum atomic E-state index is 2.48. The first kappa shape index (κ1) is 15.6. The zero-order valence-electron chi connectivity index (χ0n) is 13.6. The van der Waals surface area contributed by atoms with Crippen molar-refractivity contribution in [2.45, 2.75) is 65.7 Å². The summed E-state index contributed by atoms with van der Waals surface area (Å²) in [5.74, 6) is 0. The van der Waals surface area contributed by atoms with Gasteiger partial charge in [-0.3, -0.25) is 0 Å². The Morgan fingerprint density at radius 1 is 1.17 bits per heavy atom. The van der Waals surface area contributed by atoms with Gasteiger partial charge in [0.2, 0.25) is 0 Å². The van der Waals surface area contributed by atoms with E-state index in [1.165, 1.54) is 12.8 Å². The molecule has 0 aromatic rings. The Kier molecular flexibility index (Phi) is 4.22. The molecule has 0 radical (unpaired) electrons. The van der Waals surface area contributed by atoms with E-state index in [1.807, 2.05) is 0 Å². The van der Waals surface area contributed by atoms with Crippen molar-refractivity contribution >= 4 is 8.07 Å². The van der Waals surface area contributed by atoms with Gasteiger partial charge < -0.3 is 4.90 Å². The van der Waals surface area contributed by atoms with Crippen LogP contribution in [0.4, 0.5) is 0 Å². The van der Waals surface area contributed by atoms with Crippen molar-refractivity contribution in [3.8, 4) is 0 Å². The molecular formula is C16H31NSi. The van der Waals surface area contributed by atoms with Crippen LogP contribution in [0, 0.1) is 5.41 Å². The minimum Gasteiger partial charge on any atom is -0.371 e. The zero-order chi connectivity index (χ0) is 14.2. The average molecular weight is 266 g/mol. The summed E-state index contributed by atoms with van der Waals surface area (Å²) in [4.78, 5) is 2.48. The third-order valence-corrected chi connectivity index (χ3v) is 7.68. The topological polar surface area (TPSA) is 3.24 Å². The molecule has 0 bridgehead atoms. The van der Waals surface area contributed by atoms with Crippen molar-refractivity contribution in [1.82, 2.24) is 4.90 Å². The molecule has 1 aliphatic carbocycles.